The van der Waals surface area contributed by atoms with Gasteiger partial charge in [0.25, 0.3) is 11.1 Å². The van der Waals surface area contributed by atoms with E-state index in [2.05, 4.69) is 0 Å². The maximum Gasteiger partial charge on any atom is 0.293 e. The third-order valence-electron chi connectivity index (χ3n) is 4.13. The number of ether oxygens (including phenoxy) is 2. The van der Waals surface area contributed by atoms with Gasteiger partial charge in [0.1, 0.15) is 18.2 Å². The number of amides is 2. The molecule has 0 radical (unpaired) electrons. The molecular formula is C21H20FNO4S. The van der Waals surface area contributed by atoms with E-state index in [4.69, 9.17) is 9.47 Å². The molecule has 0 bridgehead atoms. The van der Waals surface area contributed by atoms with E-state index >= 15 is 0 Å². The van der Waals surface area contributed by atoms with Crippen molar-refractivity contribution in [2.75, 3.05) is 20.3 Å². The van der Waals surface area contributed by atoms with Crippen LogP contribution in [0.5, 0.6) is 5.75 Å². The molecule has 0 spiro atoms. The Morgan fingerprint density at radius 2 is 1.86 bits per heavy atom. The number of rotatable bonds is 8. The van der Waals surface area contributed by atoms with Gasteiger partial charge in [-0.1, -0.05) is 30.3 Å². The fourth-order valence-corrected chi connectivity index (χ4v) is 3.51. The molecule has 7 heteroatoms. The highest BCUT2D eigenvalue weighted by atomic mass is 32.2. The first kappa shape index (κ1) is 20.1. The SMILES string of the molecule is COCCCN1C(=O)S/C(=C/c2ccc(OCc3ccccc3F)cc2)C1=O. The van der Waals surface area contributed by atoms with Gasteiger partial charge in [-0.15, -0.1) is 0 Å². The van der Waals surface area contributed by atoms with Crippen molar-refractivity contribution >= 4 is 29.0 Å². The Kier molecular flexibility index (Phi) is 6.84. The molecule has 2 amide bonds. The largest absolute Gasteiger partial charge is 0.489 e. The molecule has 2 aromatic rings. The maximum absolute atomic E-state index is 13.6. The molecule has 146 valence electrons. The number of carbonyl (C=O) groups excluding carboxylic acids is 2. The van der Waals surface area contributed by atoms with E-state index in [0.717, 1.165) is 17.3 Å². The molecule has 0 N–H and O–H groups in total. The second kappa shape index (κ2) is 9.52. The lowest BCUT2D eigenvalue weighted by Gasteiger charge is -2.11. The van der Waals surface area contributed by atoms with E-state index in [9.17, 15) is 14.0 Å². The van der Waals surface area contributed by atoms with Gasteiger partial charge in [0.05, 0.1) is 4.91 Å². The summed E-state index contributed by atoms with van der Waals surface area (Å²) < 4.78 is 24.2. The number of methoxy groups -OCH3 is 1. The monoisotopic (exact) mass is 401 g/mol. The maximum atomic E-state index is 13.6. The molecule has 0 saturated carbocycles. The average Bonchev–Trinajstić information content (AvgIpc) is 2.96. The van der Waals surface area contributed by atoms with Crippen molar-refractivity contribution in [1.29, 1.82) is 0 Å². The average molecular weight is 401 g/mol. The lowest BCUT2D eigenvalue weighted by molar-refractivity contribution is -0.122. The number of halogens is 1. The zero-order chi connectivity index (χ0) is 19.9. The Hall–Kier alpha value is -2.64. The Morgan fingerprint density at radius 1 is 1.11 bits per heavy atom. The van der Waals surface area contributed by atoms with Gasteiger partial charge in [0.2, 0.25) is 0 Å². The lowest BCUT2D eigenvalue weighted by atomic mass is 10.2. The van der Waals surface area contributed by atoms with Crippen LogP contribution < -0.4 is 4.74 Å². The zero-order valence-corrected chi connectivity index (χ0v) is 16.2. The van der Waals surface area contributed by atoms with Crippen LogP contribution in [0, 0.1) is 5.82 Å². The van der Waals surface area contributed by atoms with Crippen LogP contribution in [0.1, 0.15) is 17.5 Å². The van der Waals surface area contributed by atoms with Crippen LogP contribution in [0.4, 0.5) is 9.18 Å². The number of carbonyl (C=O) groups is 2. The number of thioether (sulfide) groups is 1. The highest BCUT2D eigenvalue weighted by Gasteiger charge is 2.34. The van der Waals surface area contributed by atoms with E-state index in [0.29, 0.717) is 35.8 Å². The van der Waals surface area contributed by atoms with Crippen LogP contribution in [0.3, 0.4) is 0 Å². The van der Waals surface area contributed by atoms with E-state index in [1.54, 1.807) is 55.7 Å². The Balaban J connectivity index is 1.61. The summed E-state index contributed by atoms with van der Waals surface area (Å²) >= 11 is 0.933. The second-order valence-electron chi connectivity index (χ2n) is 6.13. The summed E-state index contributed by atoms with van der Waals surface area (Å²) in [6.45, 7) is 0.972. The van der Waals surface area contributed by atoms with Crippen LogP contribution >= 0.6 is 11.8 Å². The second-order valence-corrected chi connectivity index (χ2v) is 7.12. The standard InChI is InChI=1S/C21H20FNO4S/c1-26-12-4-11-23-20(24)19(28-21(23)25)13-15-7-9-17(10-8-15)27-14-16-5-2-3-6-18(16)22/h2-3,5-10,13H,4,11-12,14H2,1H3/b19-13+. The van der Waals surface area contributed by atoms with E-state index in [-0.39, 0.29) is 23.6 Å². The predicted molar refractivity (Wildman–Crippen MR) is 106 cm³/mol. The van der Waals surface area contributed by atoms with Gasteiger partial charge in [-0.3, -0.25) is 14.5 Å². The third-order valence-corrected chi connectivity index (χ3v) is 5.04. The summed E-state index contributed by atoms with van der Waals surface area (Å²) in [6.07, 6.45) is 2.29. The zero-order valence-electron chi connectivity index (χ0n) is 15.4. The molecule has 0 aromatic heterocycles. The molecule has 5 nitrogen and oxygen atoms in total. The lowest BCUT2D eigenvalue weighted by Crippen LogP contribution is -2.29. The summed E-state index contributed by atoms with van der Waals surface area (Å²) in [5.74, 6) is -0.000555. The molecule has 0 unspecified atom stereocenters. The molecule has 1 fully saturated rings. The Labute approximate surface area is 167 Å². The van der Waals surface area contributed by atoms with Gasteiger partial charge in [-0.25, -0.2) is 4.39 Å². The molecule has 1 aliphatic heterocycles. The highest BCUT2D eigenvalue weighted by molar-refractivity contribution is 8.18. The number of hydrogen-bond donors (Lipinski definition) is 0. The van der Waals surface area contributed by atoms with Gasteiger partial charge >= 0.3 is 0 Å². The molecule has 0 atom stereocenters. The molecule has 2 aromatic carbocycles. The van der Waals surface area contributed by atoms with Crippen molar-refractivity contribution in [3.63, 3.8) is 0 Å². The number of hydrogen-bond acceptors (Lipinski definition) is 5. The molecule has 1 aliphatic rings. The fourth-order valence-electron chi connectivity index (χ4n) is 2.65. The van der Waals surface area contributed by atoms with E-state index < -0.39 is 0 Å². The van der Waals surface area contributed by atoms with E-state index in [1.165, 1.54) is 11.0 Å². The summed E-state index contributed by atoms with van der Waals surface area (Å²) in [5.41, 5.74) is 1.26. The third kappa shape index (κ3) is 4.99. The van der Waals surface area contributed by atoms with Crippen molar-refractivity contribution in [3.8, 4) is 5.75 Å². The Bertz CT molecular complexity index is 882. The van der Waals surface area contributed by atoms with E-state index in [1.807, 2.05) is 0 Å². The number of benzene rings is 2. The van der Waals surface area contributed by atoms with Gasteiger partial charge in [0, 0.05) is 25.8 Å². The smallest absolute Gasteiger partial charge is 0.293 e. The summed E-state index contributed by atoms with van der Waals surface area (Å²) in [5, 5.41) is -0.266. The van der Waals surface area contributed by atoms with Crippen molar-refractivity contribution in [1.82, 2.24) is 4.90 Å². The Morgan fingerprint density at radius 3 is 2.57 bits per heavy atom. The molecule has 28 heavy (non-hydrogen) atoms. The minimum absolute atomic E-state index is 0.131. The summed E-state index contributed by atoms with van der Waals surface area (Å²) in [7, 11) is 1.58. The molecular weight excluding hydrogens is 381 g/mol. The van der Waals surface area contributed by atoms with Crippen LogP contribution in [0.15, 0.2) is 53.4 Å². The molecule has 3 rings (SSSR count). The normalized spacial score (nSPS) is 15.5. The predicted octanol–water partition coefficient (Wildman–Crippen LogP) is 4.48. The van der Waals surface area contributed by atoms with Crippen LogP contribution in [0.25, 0.3) is 6.08 Å². The van der Waals surface area contributed by atoms with Crippen molar-refractivity contribution in [2.45, 2.75) is 13.0 Å². The first-order valence-electron chi connectivity index (χ1n) is 8.79. The van der Waals surface area contributed by atoms with Crippen LogP contribution in [-0.4, -0.2) is 36.3 Å². The van der Waals surface area contributed by atoms with Gasteiger partial charge in [-0.2, -0.15) is 0 Å². The highest BCUT2D eigenvalue weighted by Crippen LogP contribution is 2.32. The van der Waals surface area contributed by atoms with Crippen molar-refractivity contribution < 1.29 is 23.5 Å². The van der Waals surface area contributed by atoms with Gasteiger partial charge in [0.15, 0.2) is 0 Å². The minimum Gasteiger partial charge on any atom is -0.489 e. The van der Waals surface area contributed by atoms with Crippen molar-refractivity contribution in [3.05, 3.63) is 70.4 Å². The fraction of sp³-hybridized carbons (Fsp3) is 0.238. The van der Waals surface area contributed by atoms with Gasteiger partial charge < -0.3 is 9.47 Å². The topological polar surface area (TPSA) is 55.8 Å². The quantitative estimate of drug-likeness (QED) is 0.482. The molecule has 1 heterocycles. The number of imide groups is 1. The van der Waals surface area contributed by atoms with Crippen LogP contribution in [0.2, 0.25) is 0 Å². The van der Waals surface area contributed by atoms with Crippen molar-refractivity contribution in [2.24, 2.45) is 0 Å². The summed E-state index contributed by atoms with van der Waals surface area (Å²) in [4.78, 5) is 26.0. The number of nitrogens with zero attached hydrogens (tertiary/aromatic N) is 1. The summed E-state index contributed by atoms with van der Waals surface area (Å²) in [6, 6.07) is 13.5. The van der Waals surface area contributed by atoms with Crippen LogP contribution in [-0.2, 0) is 16.1 Å². The molecule has 0 aliphatic carbocycles. The first-order chi connectivity index (χ1) is 13.6. The first-order valence-corrected chi connectivity index (χ1v) is 9.60. The molecule has 1 saturated heterocycles. The van der Waals surface area contributed by atoms with Gasteiger partial charge in [-0.05, 0) is 48.0 Å². The minimum atomic E-state index is -0.305.